The molecule has 0 saturated carbocycles. The minimum atomic E-state index is -0.370. The molecule has 0 bridgehead atoms. The highest BCUT2D eigenvalue weighted by molar-refractivity contribution is 5.97. The summed E-state index contributed by atoms with van der Waals surface area (Å²) in [5, 5.41) is 0. The van der Waals surface area contributed by atoms with Crippen molar-refractivity contribution in [2.24, 2.45) is 5.73 Å². The molecule has 96 valence electrons. The van der Waals surface area contributed by atoms with Gasteiger partial charge in [-0.3, -0.25) is 9.59 Å². The van der Waals surface area contributed by atoms with Crippen LogP contribution in [-0.2, 0) is 9.53 Å². The first kappa shape index (κ1) is 14.1. The van der Waals surface area contributed by atoms with Crippen molar-refractivity contribution < 1.29 is 14.3 Å². The maximum atomic E-state index is 11.7. The molecule has 0 aliphatic rings. The van der Waals surface area contributed by atoms with Crippen LogP contribution in [-0.4, -0.2) is 25.4 Å². The highest BCUT2D eigenvalue weighted by Gasteiger charge is 2.08. The van der Waals surface area contributed by atoms with Crippen LogP contribution >= 0.6 is 0 Å². The van der Waals surface area contributed by atoms with Gasteiger partial charge in [0.05, 0.1) is 13.5 Å². The molecular weight excluding hydrogens is 230 g/mol. The minimum Gasteiger partial charge on any atom is -0.469 e. The van der Waals surface area contributed by atoms with Gasteiger partial charge in [0.25, 0.3) is 0 Å². The minimum absolute atomic E-state index is 0.0604. The summed E-state index contributed by atoms with van der Waals surface area (Å²) in [7, 11) is 1.31. The van der Waals surface area contributed by atoms with Gasteiger partial charge in [-0.25, -0.2) is 0 Å². The number of esters is 1. The molecule has 1 aromatic rings. The summed E-state index contributed by atoms with van der Waals surface area (Å²) in [5.74, 6) is -0.430. The Labute approximate surface area is 106 Å². The van der Waals surface area contributed by atoms with Gasteiger partial charge in [-0.15, -0.1) is 0 Å². The largest absolute Gasteiger partial charge is 0.469 e. The molecule has 1 rings (SSSR count). The molecule has 0 aliphatic heterocycles. The number of ether oxygens (including phenoxy) is 1. The Morgan fingerprint density at radius 2 is 1.89 bits per heavy atom. The molecule has 4 heteroatoms. The van der Waals surface area contributed by atoms with E-state index in [9.17, 15) is 9.59 Å². The lowest BCUT2D eigenvalue weighted by Gasteiger charge is -2.01. The zero-order valence-corrected chi connectivity index (χ0v) is 10.4. The quantitative estimate of drug-likeness (QED) is 0.614. The fourth-order valence-corrected chi connectivity index (χ4v) is 1.45. The summed E-state index contributed by atoms with van der Waals surface area (Å²) in [6.45, 7) is 0.486. The Kier molecular flexibility index (Phi) is 5.80. The number of ketones is 1. The van der Waals surface area contributed by atoms with Gasteiger partial charge in [0.2, 0.25) is 0 Å². The van der Waals surface area contributed by atoms with Crippen molar-refractivity contribution in [2.75, 3.05) is 13.7 Å². The van der Waals surface area contributed by atoms with E-state index in [1.165, 1.54) is 7.11 Å². The van der Waals surface area contributed by atoms with Crippen LogP contribution in [0.2, 0.25) is 0 Å². The fourth-order valence-electron chi connectivity index (χ4n) is 1.45. The Morgan fingerprint density at radius 3 is 2.44 bits per heavy atom. The lowest BCUT2D eigenvalue weighted by Crippen LogP contribution is -2.05. The first-order chi connectivity index (χ1) is 8.67. The molecular formula is C14H17NO3. The van der Waals surface area contributed by atoms with E-state index in [4.69, 9.17) is 5.73 Å². The number of rotatable bonds is 6. The smallest absolute Gasteiger partial charge is 0.305 e. The van der Waals surface area contributed by atoms with Crippen molar-refractivity contribution in [3.63, 3.8) is 0 Å². The van der Waals surface area contributed by atoms with E-state index in [-0.39, 0.29) is 24.6 Å². The Balaban J connectivity index is 2.59. The van der Waals surface area contributed by atoms with Gasteiger partial charge in [-0.2, -0.15) is 0 Å². The number of carbonyl (C=O) groups is 2. The summed E-state index contributed by atoms with van der Waals surface area (Å²) < 4.78 is 4.49. The third-order valence-electron chi connectivity index (χ3n) is 2.46. The first-order valence-corrected chi connectivity index (χ1v) is 5.74. The highest BCUT2D eigenvalue weighted by Crippen LogP contribution is 2.09. The van der Waals surface area contributed by atoms with E-state index in [0.717, 1.165) is 5.56 Å². The van der Waals surface area contributed by atoms with Crippen molar-refractivity contribution in [1.29, 1.82) is 0 Å². The van der Waals surface area contributed by atoms with Crippen molar-refractivity contribution >= 4 is 17.8 Å². The predicted octanol–water partition coefficient (Wildman–Crippen LogP) is 1.79. The van der Waals surface area contributed by atoms with Crippen LogP contribution in [0.5, 0.6) is 0 Å². The van der Waals surface area contributed by atoms with Gasteiger partial charge in [0, 0.05) is 18.5 Å². The van der Waals surface area contributed by atoms with Crippen LogP contribution in [0.4, 0.5) is 0 Å². The number of hydrogen-bond donors (Lipinski definition) is 1. The van der Waals surface area contributed by atoms with Gasteiger partial charge < -0.3 is 10.5 Å². The average molecular weight is 247 g/mol. The third-order valence-corrected chi connectivity index (χ3v) is 2.46. The molecule has 0 fully saturated rings. The molecule has 0 saturated heterocycles. The molecule has 0 radical (unpaired) electrons. The van der Waals surface area contributed by atoms with Crippen molar-refractivity contribution in [3.8, 4) is 0 Å². The number of hydrogen-bond acceptors (Lipinski definition) is 4. The van der Waals surface area contributed by atoms with E-state index in [2.05, 4.69) is 4.74 Å². The molecule has 1 aromatic carbocycles. The summed E-state index contributed by atoms with van der Waals surface area (Å²) in [5.41, 5.74) is 6.94. The number of carbonyl (C=O) groups excluding carboxylic acids is 2. The van der Waals surface area contributed by atoms with Crippen LogP contribution in [0.25, 0.3) is 6.08 Å². The fraction of sp³-hybridized carbons (Fsp3) is 0.286. The monoisotopic (exact) mass is 247 g/mol. The zero-order valence-electron chi connectivity index (χ0n) is 10.4. The normalized spacial score (nSPS) is 10.6. The van der Waals surface area contributed by atoms with Crippen LogP contribution in [0, 0.1) is 0 Å². The molecule has 0 aromatic heterocycles. The molecule has 0 heterocycles. The van der Waals surface area contributed by atoms with E-state index < -0.39 is 0 Å². The molecule has 0 amide bonds. The molecule has 4 nitrogen and oxygen atoms in total. The topological polar surface area (TPSA) is 69.4 Å². The van der Waals surface area contributed by atoms with Crippen molar-refractivity contribution in [1.82, 2.24) is 0 Å². The third kappa shape index (κ3) is 4.51. The summed E-state index contributed by atoms with van der Waals surface area (Å²) in [6.07, 6.45) is 4.02. The van der Waals surface area contributed by atoms with Gasteiger partial charge >= 0.3 is 5.97 Å². The van der Waals surface area contributed by atoms with E-state index in [1.807, 2.05) is 24.3 Å². The van der Waals surface area contributed by atoms with Crippen molar-refractivity contribution in [2.45, 2.75) is 12.8 Å². The lowest BCUT2D eigenvalue weighted by atomic mass is 10.0. The van der Waals surface area contributed by atoms with Crippen LogP contribution in [0.3, 0.4) is 0 Å². The summed E-state index contributed by atoms with van der Waals surface area (Å²) in [4.78, 5) is 22.7. The molecule has 0 atom stereocenters. The van der Waals surface area contributed by atoms with E-state index in [0.29, 0.717) is 12.1 Å². The van der Waals surface area contributed by atoms with Crippen LogP contribution in [0.15, 0.2) is 30.3 Å². The highest BCUT2D eigenvalue weighted by atomic mass is 16.5. The second kappa shape index (κ2) is 7.40. The van der Waals surface area contributed by atoms with Gasteiger partial charge in [0.15, 0.2) is 5.78 Å². The maximum absolute atomic E-state index is 11.7. The zero-order chi connectivity index (χ0) is 13.4. The molecule has 0 unspecified atom stereocenters. The molecule has 0 spiro atoms. The number of Topliss-reactive ketones (excluding diaryl/α,β-unsaturated/α-hetero) is 1. The molecule has 18 heavy (non-hydrogen) atoms. The van der Waals surface area contributed by atoms with Crippen molar-refractivity contribution in [3.05, 3.63) is 41.5 Å². The summed E-state index contributed by atoms with van der Waals surface area (Å²) >= 11 is 0. The SMILES string of the molecule is COC(=O)CCC(=O)c1ccc(C=CCN)cc1. The second-order valence-electron chi connectivity index (χ2n) is 3.76. The predicted molar refractivity (Wildman–Crippen MR) is 70.1 cm³/mol. The average Bonchev–Trinajstić information content (AvgIpc) is 2.42. The van der Waals surface area contributed by atoms with Crippen LogP contribution < -0.4 is 5.73 Å². The Hall–Kier alpha value is -1.94. The standard InChI is InChI=1S/C14H17NO3/c1-18-14(17)9-8-13(16)12-6-4-11(5-7-12)3-2-10-15/h2-7H,8-10,15H2,1H3. The summed E-state index contributed by atoms with van der Waals surface area (Å²) in [6, 6.07) is 7.18. The second-order valence-corrected chi connectivity index (χ2v) is 3.76. The Bertz CT molecular complexity index is 435. The van der Waals surface area contributed by atoms with E-state index in [1.54, 1.807) is 12.1 Å². The van der Waals surface area contributed by atoms with E-state index >= 15 is 0 Å². The number of benzene rings is 1. The maximum Gasteiger partial charge on any atom is 0.305 e. The molecule has 0 aliphatic carbocycles. The molecule has 2 N–H and O–H groups in total. The van der Waals surface area contributed by atoms with Gasteiger partial charge in [-0.05, 0) is 5.56 Å². The number of methoxy groups -OCH3 is 1. The lowest BCUT2D eigenvalue weighted by molar-refractivity contribution is -0.140. The van der Waals surface area contributed by atoms with Gasteiger partial charge in [-0.1, -0.05) is 36.4 Å². The van der Waals surface area contributed by atoms with Crippen LogP contribution in [0.1, 0.15) is 28.8 Å². The Morgan fingerprint density at radius 1 is 1.22 bits per heavy atom. The number of nitrogens with two attached hydrogens (primary N) is 1. The van der Waals surface area contributed by atoms with Gasteiger partial charge in [0.1, 0.15) is 0 Å². The first-order valence-electron chi connectivity index (χ1n) is 5.74.